The number of nitrogens with zero attached hydrogens (tertiary/aromatic N) is 2. The lowest BCUT2D eigenvalue weighted by molar-refractivity contribution is 0.228. The fourth-order valence-electron chi connectivity index (χ4n) is 3.20. The highest BCUT2D eigenvalue weighted by Gasteiger charge is 2.70. The van der Waals surface area contributed by atoms with Crippen molar-refractivity contribution in [3.63, 3.8) is 0 Å². The Kier molecular flexibility index (Phi) is 11.2. The van der Waals surface area contributed by atoms with E-state index in [1.807, 2.05) is 0 Å². The van der Waals surface area contributed by atoms with E-state index in [1.165, 1.54) is 0 Å². The third-order valence-corrected chi connectivity index (χ3v) is 117. The number of rotatable bonds is 8. The molecule has 0 aliphatic rings. The highest BCUT2D eigenvalue weighted by atomic mass is 80.0. The Bertz CT molecular complexity index is 351. The van der Waals surface area contributed by atoms with Crippen LogP contribution in [-0.4, -0.2) is 47.6 Å². The Morgan fingerprint density at radius 2 is 0.739 bits per heavy atom. The Hall–Kier alpha value is 3.45. The molecule has 0 spiro atoms. The summed E-state index contributed by atoms with van der Waals surface area (Å²) in [5.74, 6) is 0. The molecule has 0 amide bonds. The molecule has 0 saturated carbocycles. The maximum absolute atomic E-state index is 4.38. The van der Waals surface area contributed by atoms with Crippen LogP contribution in [0, 0.1) is 0 Å². The second-order valence-corrected chi connectivity index (χ2v) is 73.0. The van der Waals surface area contributed by atoms with Gasteiger partial charge < -0.3 is 0 Å². The second kappa shape index (κ2) is 9.78. The molecule has 0 bridgehead atoms. The van der Waals surface area contributed by atoms with Gasteiger partial charge in [-0.15, -0.1) is 30.6 Å². The molecule has 0 aromatic rings. The summed E-state index contributed by atoms with van der Waals surface area (Å²) in [7, 11) is 0. The molecule has 140 valence electrons. The van der Waals surface area contributed by atoms with Crippen molar-refractivity contribution in [1.82, 2.24) is 9.13 Å². The van der Waals surface area contributed by atoms with Gasteiger partial charge in [-0.05, 0) is 24.2 Å². The molecule has 0 radical (unpaired) electrons. The van der Waals surface area contributed by atoms with Crippen molar-refractivity contribution < 1.29 is 0 Å². The normalized spacial score (nSPS) is 15.1. The zero-order valence-electron chi connectivity index (χ0n) is 15.0. The van der Waals surface area contributed by atoms with Crippen LogP contribution in [0.5, 0.6) is 0 Å². The third-order valence-electron chi connectivity index (χ3n) is 3.67. The van der Waals surface area contributed by atoms with Gasteiger partial charge in [-0.25, -0.2) is 0 Å². The summed E-state index contributed by atoms with van der Waals surface area (Å²) in [5, 5.41) is 0. The summed E-state index contributed by atoms with van der Waals surface area (Å²) in [6, 6.07) is 1.80. The SMILES string of the molecule is CC(C)N(C(C)C)[Si](Br)(N(C(C)C)C(C)C)[Si](Br)(Br)[Si](Br)(Br)Br. The number of hydrogen-bond acceptors (Lipinski definition) is 2. The first kappa shape index (κ1) is 26.5. The van der Waals surface area contributed by atoms with Gasteiger partial charge in [-0.1, -0.05) is 117 Å². The van der Waals surface area contributed by atoms with Gasteiger partial charge >= 0.3 is 0 Å². The van der Waals surface area contributed by atoms with Crippen molar-refractivity contribution in [2.24, 2.45) is 0 Å². The first-order valence-corrected chi connectivity index (χ1v) is 29.2. The van der Waals surface area contributed by atoms with Gasteiger partial charge in [0.15, 0.2) is 0 Å². The minimum absolute atomic E-state index is 0.451. The molecule has 0 aliphatic heterocycles. The molecule has 23 heavy (non-hydrogen) atoms. The Labute approximate surface area is 192 Å². The van der Waals surface area contributed by atoms with Crippen LogP contribution < -0.4 is 0 Å². The van der Waals surface area contributed by atoms with Crippen molar-refractivity contribution >= 4 is 106 Å². The summed E-state index contributed by atoms with van der Waals surface area (Å²) in [6.07, 6.45) is 0. The van der Waals surface area contributed by atoms with Gasteiger partial charge in [0.1, 0.15) is 0 Å². The van der Waals surface area contributed by atoms with Crippen LogP contribution in [0.1, 0.15) is 55.4 Å². The van der Waals surface area contributed by atoms with Crippen LogP contribution in [0.4, 0.5) is 0 Å². The molecular weight excluding hydrogens is 736 g/mol. The van der Waals surface area contributed by atoms with Crippen LogP contribution in [0.2, 0.25) is 0 Å². The Balaban J connectivity index is 6.61. The first-order valence-electron chi connectivity index (χ1n) is 7.73. The van der Waals surface area contributed by atoms with Crippen molar-refractivity contribution in [3.05, 3.63) is 0 Å². The van der Waals surface area contributed by atoms with Crippen LogP contribution in [0.15, 0.2) is 0 Å². The third kappa shape index (κ3) is 5.72. The summed E-state index contributed by atoms with van der Waals surface area (Å²) in [4.78, 5) is 0. The van der Waals surface area contributed by atoms with E-state index in [0.717, 1.165) is 0 Å². The fraction of sp³-hybridized carbons (Fsp3) is 1.00. The van der Waals surface area contributed by atoms with E-state index >= 15 is 0 Å². The lowest BCUT2D eigenvalue weighted by atomic mass is 10.3. The van der Waals surface area contributed by atoms with E-state index in [-0.39, 0.29) is 0 Å². The van der Waals surface area contributed by atoms with Gasteiger partial charge in [0.2, 0.25) is 0 Å². The predicted molar refractivity (Wildman–Crippen MR) is 135 cm³/mol. The predicted octanol–water partition coefficient (Wildman–Crippen LogP) is 7.07. The van der Waals surface area contributed by atoms with E-state index in [9.17, 15) is 0 Å². The van der Waals surface area contributed by atoms with Gasteiger partial charge in [0.25, 0.3) is 14.3 Å². The average Bonchev–Trinajstić information content (AvgIpc) is 2.23. The lowest BCUT2D eigenvalue weighted by Crippen LogP contribution is -2.81. The number of halogens is 6. The summed E-state index contributed by atoms with van der Waals surface area (Å²) >= 11 is 24.7. The highest BCUT2D eigenvalue weighted by molar-refractivity contribution is 9.82. The molecule has 0 heterocycles. The molecule has 0 fully saturated rings. The van der Waals surface area contributed by atoms with Crippen molar-refractivity contribution in [1.29, 1.82) is 0 Å². The maximum atomic E-state index is 4.38. The molecule has 0 rings (SSSR count). The second-order valence-electron chi connectivity index (χ2n) is 6.85. The maximum Gasteiger partial charge on any atom is 0.290 e. The smallest absolute Gasteiger partial charge is 0.290 e. The van der Waals surface area contributed by atoms with Crippen LogP contribution in [0.25, 0.3) is 0 Å². The largest absolute Gasteiger partial charge is 0.300 e. The van der Waals surface area contributed by atoms with Crippen molar-refractivity contribution in [2.75, 3.05) is 0 Å². The van der Waals surface area contributed by atoms with Crippen LogP contribution in [-0.2, 0) is 0 Å². The quantitative estimate of drug-likeness (QED) is 0.193. The van der Waals surface area contributed by atoms with Gasteiger partial charge in [-0.3, -0.25) is 9.13 Å². The molecular formula is C12H28Br6N2Si3. The first-order chi connectivity index (χ1) is 10.0. The monoisotopic (exact) mass is 758 g/mol. The van der Waals surface area contributed by atoms with E-state index in [2.05, 4.69) is 156 Å². The minimum atomic E-state index is -2.25. The van der Waals surface area contributed by atoms with E-state index in [1.54, 1.807) is 0 Å². The van der Waals surface area contributed by atoms with Crippen LogP contribution in [0.3, 0.4) is 0 Å². The Morgan fingerprint density at radius 3 is 0.870 bits per heavy atom. The lowest BCUT2D eigenvalue weighted by Gasteiger charge is -2.57. The van der Waals surface area contributed by atoms with Crippen molar-refractivity contribution in [2.45, 2.75) is 79.6 Å². The molecule has 2 nitrogen and oxygen atoms in total. The van der Waals surface area contributed by atoms with Crippen molar-refractivity contribution in [3.8, 4) is 0 Å². The zero-order chi connectivity index (χ0) is 19.0. The van der Waals surface area contributed by atoms with E-state index in [0.29, 0.717) is 24.2 Å². The topological polar surface area (TPSA) is 6.48 Å². The molecule has 0 aromatic carbocycles. The molecule has 0 aromatic heterocycles. The molecule has 0 atom stereocenters. The summed E-state index contributed by atoms with van der Waals surface area (Å²) < 4.78 is 1.30. The highest BCUT2D eigenvalue weighted by Crippen LogP contribution is 2.54. The van der Waals surface area contributed by atoms with Crippen LogP contribution >= 0.6 is 91.8 Å². The minimum Gasteiger partial charge on any atom is -0.300 e. The van der Waals surface area contributed by atoms with E-state index in [4.69, 9.17) is 0 Å². The van der Waals surface area contributed by atoms with Gasteiger partial charge in [0.05, 0.1) is 0 Å². The standard InChI is InChI=1S/C12H28Br6N2Si3/c1-9(2)19(10(3)4)23(18,20(11(5)6)12(7)8)22(16,17)21(13,14)15/h9-12H,1-8H3. The molecule has 11 heteroatoms. The zero-order valence-corrected chi connectivity index (χ0v) is 27.5. The van der Waals surface area contributed by atoms with E-state index < -0.39 is 14.3 Å². The molecule has 0 unspecified atom stereocenters. The van der Waals surface area contributed by atoms with Gasteiger partial charge in [0, 0.05) is 0 Å². The summed E-state index contributed by atoms with van der Waals surface area (Å²) in [5.41, 5.74) is 0. The Morgan fingerprint density at radius 1 is 0.522 bits per heavy atom. The molecule has 0 N–H and O–H groups in total. The number of hydrogen-bond donors (Lipinski definition) is 0. The molecule has 0 aliphatic carbocycles. The fourth-order valence-corrected chi connectivity index (χ4v) is 83.2. The molecule has 0 saturated heterocycles. The average molecular weight is 764 g/mol. The van der Waals surface area contributed by atoms with Gasteiger partial charge in [-0.2, -0.15) is 0 Å². The summed E-state index contributed by atoms with van der Waals surface area (Å²) in [6.45, 7) is 16.1.